The Balaban J connectivity index is 1.54. The van der Waals surface area contributed by atoms with Gasteiger partial charge in [0.15, 0.2) is 11.5 Å². The molecular formula is C25H24N4O5. The Morgan fingerprint density at radius 1 is 0.971 bits per heavy atom. The van der Waals surface area contributed by atoms with Crippen LogP contribution in [-0.4, -0.2) is 36.6 Å². The van der Waals surface area contributed by atoms with Gasteiger partial charge in [-0.25, -0.2) is 4.98 Å². The Labute approximate surface area is 197 Å². The van der Waals surface area contributed by atoms with Gasteiger partial charge in [-0.1, -0.05) is 12.1 Å². The number of ether oxygens (including phenoxy) is 3. The highest BCUT2D eigenvalue weighted by atomic mass is 16.5. The number of benzene rings is 2. The predicted molar refractivity (Wildman–Crippen MR) is 125 cm³/mol. The van der Waals surface area contributed by atoms with Gasteiger partial charge in [0.2, 0.25) is 11.8 Å². The number of carbonyl (C=O) groups excluding carboxylic acids is 2. The number of para-hydroxylation sites is 1. The second kappa shape index (κ2) is 11.9. The number of nitrogens with one attached hydrogen (secondary N) is 2. The van der Waals surface area contributed by atoms with Gasteiger partial charge in [0.1, 0.15) is 11.8 Å². The second-order valence-electron chi connectivity index (χ2n) is 6.85. The fraction of sp³-hybridized carbons (Fsp3) is 0.200. The molecule has 0 spiro atoms. The number of amides is 2. The summed E-state index contributed by atoms with van der Waals surface area (Å²) in [4.78, 5) is 28.8. The van der Waals surface area contributed by atoms with E-state index in [-0.39, 0.29) is 12.4 Å². The molecular weight excluding hydrogens is 436 g/mol. The summed E-state index contributed by atoms with van der Waals surface area (Å²) in [7, 11) is 0. The average molecular weight is 460 g/mol. The third-order valence-corrected chi connectivity index (χ3v) is 4.46. The minimum atomic E-state index is -0.422. The number of aromatic nitrogens is 1. The van der Waals surface area contributed by atoms with Crippen molar-refractivity contribution in [3.63, 3.8) is 0 Å². The summed E-state index contributed by atoms with van der Waals surface area (Å²) in [6, 6.07) is 16.9. The van der Waals surface area contributed by atoms with Gasteiger partial charge >= 0.3 is 0 Å². The van der Waals surface area contributed by atoms with E-state index >= 15 is 0 Å². The minimum absolute atomic E-state index is 0.232. The zero-order valence-electron chi connectivity index (χ0n) is 18.8. The largest absolute Gasteiger partial charge is 0.490 e. The van der Waals surface area contributed by atoms with Crippen LogP contribution in [0.2, 0.25) is 0 Å². The van der Waals surface area contributed by atoms with Crippen LogP contribution in [-0.2, 0) is 4.79 Å². The van der Waals surface area contributed by atoms with Gasteiger partial charge < -0.3 is 24.8 Å². The summed E-state index contributed by atoms with van der Waals surface area (Å²) in [6.07, 6.45) is 1.42. The van der Waals surface area contributed by atoms with Gasteiger partial charge in [0.25, 0.3) is 5.91 Å². The zero-order valence-corrected chi connectivity index (χ0v) is 18.8. The Morgan fingerprint density at radius 3 is 2.44 bits per heavy atom. The second-order valence-corrected chi connectivity index (χ2v) is 6.85. The highest BCUT2D eigenvalue weighted by molar-refractivity contribution is 5.99. The van der Waals surface area contributed by atoms with Crippen LogP contribution in [0.15, 0.2) is 60.8 Å². The van der Waals surface area contributed by atoms with Gasteiger partial charge in [-0.15, -0.1) is 0 Å². The molecule has 0 atom stereocenters. The lowest BCUT2D eigenvalue weighted by Gasteiger charge is -2.12. The molecule has 2 N–H and O–H groups in total. The highest BCUT2D eigenvalue weighted by Crippen LogP contribution is 2.28. The normalized spacial score (nSPS) is 10.0. The van der Waals surface area contributed by atoms with Gasteiger partial charge in [-0.3, -0.25) is 9.59 Å². The molecule has 1 heterocycles. The van der Waals surface area contributed by atoms with Crippen molar-refractivity contribution in [3.8, 4) is 29.2 Å². The van der Waals surface area contributed by atoms with Crippen LogP contribution in [0, 0.1) is 11.3 Å². The van der Waals surface area contributed by atoms with Crippen molar-refractivity contribution in [2.24, 2.45) is 0 Å². The van der Waals surface area contributed by atoms with E-state index < -0.39 is 11.8 Å². The van der Waals surface area contributed by atoms with Crippen LogP contribution in [0.5, 0.6) is 23.1 Å². The quantitative estimate of drug-likeness (QED) is 0.470. The van der Waals surface area contributed by atoms with Crippen LogP contribution in [0.4, 0.5) is 5.69 Å². The molecule has 0 bridgehead atoms. The maximum Gasteiger partial charge on any atom is 0.251 e. The standard InChI is InChI=1S/C25H24N4O5/c1-3-32-21-11-9-17(13-22(21)33-4-2)25(31)28-16-23(30)29-19-10-12-24(27-15-19)34-20-8-6-5-7-18(20)14-26/h5-13,15H,3-4,16H2,1-2H3,(H,28,31)(H,29,30). The summed E-state index contributed by atoms with van der Waals surface area (Å²) in [5.41, 5.74) is 1.17. The molecule has 0 saturated carbocycles. The number of carbonyl (C=O) groups is 2. The van der Waals surface area contributed by atoms with Crippen LogP contribution in [0.3, 0.4) is 0 Å². The van der Waals surface area contributed by atoms with Crippen LogP contribution in [0.25, 0.3) is 0 Å². The van der Waals surface area contributed by atoms with E-state index in [1.807, 2.05) is 19.9 Å². The Bertz CT molecular complexity index is 1190. The van der Waals surface area contributed by atoms with E-state index in [4.69, 9.17) is 19.5 Å². The molecule has 0 radical (unpaired) electrons. The van der Waals surface area contributed by atoms with Crippen LogP contribution in [0.1, 0.15) is 29.8 Å². The number of hydrogen-bond donors (Lipinski definition) is 2. The summed E-state index contributed by atoms with van der Waals surface area (Å²) < 4.78 is 16.6. The van der Waals surface area contributed by atoms with Crippen molar-refractivity contribution in [3.05, 3.63) is 71.9 Å². The SMILES string of the molecule is CCOc1ccc(C(=O)NCC(=O)Nc2ccc(Oc3ccccc3C#N)nc2)cc1OCC. The number of nitrogens with zero attached hydrogens (tertiary/aromatic N) is 2. The van der Waals surface area contributed by atoms with E-state index in [0.717, 1.165) is 0 Å². The maximum atomic E-state index is 12.5. The Hall–Kier alpha value is -4.58. The molecule has 0 aliphatic heterocycles. The van der Waals surface area contributed by atoms with Crippen molar-refractivity contribution < 1.29 is 23.8 Å². The van der Waals surface area contributed by atoms with E-state index in [1.165, 1.54) is 6.20 Å². The van der Waals surface area contributed by atoms with Gasteiger partial charge in [-0.05, 0) is 50.2 Å². The van der Waals surface area contributed by atoms with Crippen molar-refractivity contribution in [2.45, 2.75) is 13.8 Å². The molecule has 9 nitrogen and oxygen atoms in total. The molecule has 3 aromatic rings. The lowest BCUT2D eigenvalue weighted by atomic mass is 10.2. The molecule has 174 valence electrons. The number of nitriles is 1. The van der Waals surface area contributed by atoms with Crippen LogP contribution < -0.4 is 24.8 Å². The smallest absolute Gasteiger partial charge is 0.251 e. The number of rotatable bonds is 10. The van der Waals surface area contributed by atoms with Gasteiger partial charge in [0, 0.05) is 11.6 Å². The molecule has 3 rings (SSSR count). The first-order valence-corrected chi connectivity index (χ1v) is 10.6. The minimum Gasteiger partial charge on any atom is -0.490 e. The molecule has 0 saturated heterocycles. The summed E-state index contributed by atoms with van der Waals surface area (Å²) in [6.45, 7) is 4.37. The van der Waals surface area contributed by atoms with Crippen LogP contribution >= 0.6 is 0 Å². The fourth-order valence-corrected chi connectivity index (χ4v) is 2.94. The lowest BCUT2D eigenvalue weighted by molar-refractivity contribution is -0.115. The molecule has 0 fully saturated rings. The Morgan fingerprint density at radius 2 is 1.74 bits per heavy atom. The van der Waals surface area contributed by atoms with E-state index in [0.29, 0.717) is 47.3 Å². The maximum absolute atomic E-state index is 12.5. The van der Waals surface area contributed by atoms with E-state index in [1.54, 1.807) is 54.6 Å². The first kappa shape index (κ1) is 24.1. The average Bonchev–Trinajstić information content (AvgIpc) is 2.85. The van der Waals surface area contributed by atoms with E-state index in [2.05, 4.69) is 15.6 Å². The molecule has 2 aromatic carbocycles. The summed E-state index contributed by atoms with van der Waals surface area (Å²) in [5, 5.41) is 14.4. The molecule has 0 aliphatic carbocycles. The third-order valence-electron chi connectivity index (χ3n) is 4.46. The first-order valence-electron chi connectivity index (χ1n) is 10.6. The molecule has 9 heteroatoms. The van der Waals surface area contributed by atoms with E-state index in [9.17, 15) is 9.59 Å². The summed E-state index contributed by atoms with van der Waals surface area (Å²) >= 11 is 0. The summed E-state index contributed by atoms with van der Waals surface area (Å²) in [5.74, 6) is 0.835. The molecule has 34 heavy (non-hydrogen) atoms. The first-order chi connectivity index (χ1) is 16.5. The van der Waals surface area contributed by atoms with Crippen molar-refractivity contribution >= 4 is 17.5 Å². The molecule has 1 aromatic heterocycles. The topological polar surface area (TPSA) is 123 Å². The van der Waals surface area contributed by atoms with Gasteiger partial charge in [-0.2, -0.15) is 5.26 Å². The predicted octanol–water partition coefficient (Wildman–Crippen LogP) is 3.91. The zero-order chi connectivity index (χ0) is 24.3. The molecule has 0 unspecified atom stereocenters. The number of pyridine rings is 1. The fourth-order valence-electron chi connectivity index (χ4n) is 2.94. The van der Waals surface area contributed by atoms with Crippen molar-refractivity contribution in [1.82, 2.24) is 10.3 Å². The third kappa shape index (κ3) is 6.46. The monoisotopic (exact) mass is 460 g/mol. The lowest BCUT2D eigenvalue weighted by Crippen LogP contribution is -2.32. The Kier molecular flexibility index (Phi) is 8.41. The van der Waals surface area contributed by atoms with Crippen molar-refractivity contribution in [1.29, 1.82) is 5.26 Å². The number of anilines is 1. The highest BCUT2D eigenvalue weighted by Gasteiger charge is 2.13. The molecule has 0 aliphatic rings. The van der Waals surface area contributed by atoms with Crippen molar-refractivity contribution in [2.75, 3.05) is 25.1 Å². The number of hydrogen-bond acceptors (Lipinski definition) is 7. The van der Waals surface area contributed by atoms with Gasteiger partial charge in [0.05, 0.1) is 37.2 Å². The molecule has 2 amide bonds.